The van der Waals surface area contributed by atoms with Gasteiger partial charge in [0.05, 0.1) is 0 Å². The van der Waals surface area contributed by atoms with Crippen LogP contribution in [0.1, 0.15) is 53.8 Å². The summed E-state index contributed by atoms with van der Waals surface area (Å²) in [6.07, 6.45) is 5.78. The van der Waals surface area contributed by atoms with Gasteiger partial charge in [-0.15, -0.1) is 10.2 Å². The first-order valence-electron chi connectivity index (χ1n) is 7.13. The third-order valence-corrected chi connectivity index (χ3v) is 5.38. The van der Waals surface area contributed by atoms with Crippen molar-refractivity contribution in [1.29, 1.82) is 0 Å². The Morgan fingerprint density at radius 2 is 2.05 bits per heavy atom. The van der Waals surface area contributed by atoms with Crippen LogP contribution >= 0.6 is 27.7 Å². The lowest BCUT2D eigenvalue weighted by molar-refractivity contribution is 0.112. The van der Waals surface area contributed by atoms with Crippen LogP contribution in [0.15, 0.2) is 32.7 Å². The molecule has 0 unspecified atom stereocenters. The van der Waals surface area contributed by atoms with E-state index in [1.165, 1.54) is 25.7 Å². The van der Waals surface area contributed by atoms with Crippen LogP contribution in [0, 0.1) is 0 Å². The lowest BCUT2D eigenvalue weighted by atomic mass is 10.2. The van der Waals surface area contributed by atoms with Crippen LogP contribution < -0.4 is 0 Å². The van der Waals surface area contributed by atoms with Gasteiger partial charge < -0.3 is 4.57 Å². The van der Waals surface area contributed by atoms with Gasteiger partial charge in [-0.2, -0.15) is 0 Å². The van der Waals surface area contributed by atoms with Gasteiger partial charge in [0, 0.05) is 26.9 Å². The first kappa shape index (κ1) is 13.5. The van der Waals surface area contributed by atoms with E-state index < -0.39 is 0 Å². The monoisotopic (exact) mass is 363 g/mol. The lowest BCUT2D eigenvalue weighted by Crippen LogP contribution is -2.02. The van der Waals surface area contributed by atoms with Crippen LogP contribution in [-0.4, -0.2) is 21.1 Å². The van der Waals surface area contributed by atoms with Crippen LogP contribution in [0.5, 0.6) is 0 Å². The molecule has 0 amide bonds. The van der Waals surface area contributed by atoms with Crippen LogP contribution in [0.3, 0.4) is 0 Å². The maximum absolute atomic E-state index is 11.2. The van der Waals surface area contributed by atoms with Crippen molar-refractivity contribution in [3.63, 3.8) is 0 Å². The molecule has 2 fully saturated rings. The predicted octanol–water partition coefficient (Wildman–Crippen LogP) is 4.22. The van der Waals surface area contributed by atoms with Crippen LogP contribution in [-0.2, 0) is 0 Å². The van der Waals surface area contributed by atoms with Crippen LogP contribution in [0.4, 0.5) is 0 Å². The first-order valence-corrected chi connectivity index (χ1v) is 8.74. The van der Waals surface area contributed by atoms with E-state index in [9.17, 15) is 4.79 Å². The number of nitrogens with zero attached hydrogens (tertiary/aromatic N) is 3. The summed E-state index contributed by atoms with van der Waals surface area (Å²) in [6, 6.07) is 6.25. The quantitative estimate of drug-likeness (QED) is 0.746. The Balaban J connectivity index is 1.71. The van der Waals surface area contributed by atoms with Gasteiger partial charge in [-0.1, -0.05) is 15.9 Å². The van der Waals surface area contributed by atoms with Crippen LogP contribution in [0.25, 0.3) is 0 Å². The first-order chi connectivity index (χ1) is 10.3. The molecule has 4 rings (SSSR count). The van der Waals surface area contributed by atoms with Crippen molar-refractivity contribution in [2.45, 2.75) is 47.7 Å². The van der Waals surface area contributed by atoms with Gasteiger partial charge >= 0.3 is 0 Å². The smallest absolute Gasteiger partial charge is 0.196 e. The van der Waals surface area contributed by atoms with Gasteiger partial charge in [0.1, 0.15) is 5.82 Å². The summed E-state index contributed by atoms with van der Waals surface area (Å²) in [5.41, 5.74) is 0.696. The van der Waals surface area contributed by atoms with Gasteiger partial charge in [-0.3, -0.25) is 4.79 Å². The SMILES string of the molecule is O=Cc1ccc(Br)cc1Sc1nnc(C2CC2)n1C1CC1. The molecular weight excluding hydrogens is 350 g/mol. The molecular formula is C15H14BrN3OS. The topological polar surface area (TPSA) is 47.8 Å². The summed E-state index contributed by atoms with van der Waals surface area (Å²) in [7, 11) is 0. The molecule has 4 nitrogen and oxygen atoms in total. The molecule has 2 saturated carbocycles. The molecule has 108 valence electrons. The fourth-order valence-electron chi connectivity index (χ4n) is 2.45. The molecule has 0 N–H and O–H groups in total. The third kappa shape index (κ3) is 2.66. The summed E-state index contributed by atoms with van der Waals surface area (Å²) < 4.78 is 3.27. The predicted molar refractivity (Wildman–Crippen MR) is 83.9 cm³/mol. The number of benzene rings is 1. The molecule has 21 heavy (non-hydrogen) atoms. The molecule has 1 aromatic carbocycles. The maximum Gasteiger partial charge on any atom is 0.196 e. The standard InChI is InChI=1S/C15H14BrN3OS/c16-11-4-3-10(8-20)13(7-11)21-15-18-17-14(9-1-2-9)19(15)12-5-6-12/h3-4,7-9,12H,1-2,5-6H2. The minimum Gasteiger partial charge on any atom is -0.302 e. The molecule has 2 aliphatic carbocycles. The highest BCUT2D eigenvalue weighted by molar-refractivity contribution is 9.10. The zero-order chi connectivity index (χ0) is 14.4. The lowest BCUT2D eigenvalue weighted by Gasteiger charge is -2.09. The average molecular weight is 364 g/mol. The van der Waals surface area contributed by atoms with Crippen molar-refractivity contribution in [3.8, 4) is 0 Å². The Morgan fingerprint density at radius 3 is 2.71 bits per heavy atom. The van der Waals surface area contributed by atoms with Crippen molar-refractivity contribution in [2.24, 2.45) is 0 Å². The van der Waals surface area contributed by atoms with Gasteiger partial charge in [0.2, 0.25) is 0 Å². The Morgan fingerprint density at radius 1 is 1.24 bits per heavy atom. The minimum absolute atomic E-state index is 0.560. The molecule has 0 atom stereocenters. The number of aldehydes is 1. The number of carbonyl (C=O) groups excluding carboxylic acids is 1. The Kier molecular flexibility index (Phi) is 3.38. The number of halogens is 1. The number of aromatic nitrogens is 3. The maximum atomic E-state index is 11.2. The average Bonchev–Trinajstić information content (AvgIpc) is 3.39. The zero-order valence-electron chi connectivity index (χ0n) is 11.3. The van der Waals surface area contributed by atoms with Crippen molar-refractivity contribution in [2.75, 3.05) is 0 Å². The normalized spacial score (nSPS) is 18.0. The Bertz CT molecular complexity index is 707. The third-order valence-electron chi connectivity index (χ3n) is 3.85. The second kappa shape index (κ2) is 5.25. The van der Waals surface area contributed by atoms with Gasteiger partial charge in [-0.25, -0.2) is 0 Å². The van der Waals surface area contributed by atoms with Crippen LogP contribution in [0.2, 0.25) is 0 Å². The second-order valence-corrected chi connectivity index (χ2v) is 7.54. The van der Waals surface area contributed by atoms with Gasteiger partial charge in [0.15, 0.2) is 11.4 Å². The molecule has 0 bridgehead atoms. The molecule has 0 radical (unpaired) electrons. The summed E-state index contributed by atoms with van der Waals surface area (Å²) in [5, 5.41) is 9.71. The second-order valence-electron chi connectivity index (χ2n) is 5.62. The van der Waals surface area contributed by atoms with E-state index in [0.717, 1.165) is 26.6 Å². The van der Waals surface area contributed by atoms with E-state index in [1.807, 2.05) is 18.2 Å². The fourth-order valence-corrected chi connectivity index (χ4v) is 4.00. The number of hydrogen-bond donors (Lipinski definition) is 0. The van der Waals surface area contributed by atoms with E-state index in [1.54, 1.807) is 11.8 Å². The van der Waals surface area contributed by atoms with Gasteiger partial charge in [-0.05, 0) is 55.6 Å². The molecule has 1 aromatic heterocycles. The summed E-state index contributed by atoms with van der Waals surface area (Å²) in [5.74, 6) is 1.74. The fraction of sp³-hybridized carbons (Fsp3) is 0.400. The minimum atomic E-state index is 0.560. The molecule has 0 saturated heterocycles. The highest BCUT2D eigenvalue weighted by Crippen LogP contribution is 2.47. The van der Waals surface area contributed by atoms with E-state index in [4.69, 9.17) is 0 Å². The number of hydrogen-bond acceptors (Lipinski definition) is 4. The summed E-state index contributed by atoms with van der Waals surface area (Å²) in [6.45, 7) is 0. The Hall–Kier alpha value is -1.14. The molecule has 0 aliphatic heterocycles. The highest BCUT2D eigenvalue weighted by atomic mass is 79.9. The zero-order valence-corrected chi connectivity index (χ0v) is 13.7. The van der Waals surface area contributed by atoms with Crippen molar-refractivity contribution in [3.05, 3.63) is 34.1 Å². The number of rotatable bonds is 5. The number of carbonyl (C=O) groups is 1. The van der Waals surface area contributed by atoms with Gasteiger partial charge in [0.25, 0.3) is 0 Å². The van der Waals surface area contributed by atoms with Crippen molar-refractivity contribution in [1.82, 2.24) is 14.8 Å². The molecule has 2 aromatic rings. The van der Waals surface area contributed by atoms with E-state index in [-0.39, 0.29) is 0 Å². The summed E-state index contributed by atoms with van der Waals surface area (Å²) in [4.78, 5) is 12.1. The highest BCUT2D eigenvalue weighted by Gasteiger charge is 2.36. The Labute approximate surface area is 135 Å². The van der Waals surface area contributed by atoms with Crippen molar-refractivity contribution >= 4 is 34.0 Å². The van der Waals surface area contributed by atoms with E-state index in [0.29, 0.717) is 17.5 Å². The molecule has 2 aliphatic rings. The molecule has 0 spiro atoms. The largest absolute Gasteiger partial charge is 0.302 e. The molecule has 6 heteroatoms. The van der Waals surface area contributed by atoms with Crippen molar-refractivity contribution < 1.29 is 4.79 Å². The van der Waals surface area contributed by atoms with E-state index >= 15 is 0 Å². The summed E-state index contributed by atoms with van der Waals surface area (Å²) >= 11 is 5.01. The van der Waals surface area contributed by atoms with E-state index in [2.05, 4.69) is 30.7 Å². The molecule has 1 heterocycles.